The fourth-order valence-corrected chi connectivity index (χ4v) is 0. The summed E-state index contributed by atoms with van der Waals surface area (Å²) in [5, 5.41) is 7.67. The van der Waals surface area contributed by atoms with Crippen LogP contribution in [0.25, 0.3) is 0 Å². The van der Waals surface area contributed by atoms with Crippen molar-refractivity contribution in [2.24, 2.45) is 0 Å². The summed E-state index contributed by atoms with van der Waals surface area (Å²) in [5.74, 6) is 1.65. The van der Waals surface area contributed by atoms with Gasteiger partial charge in [-0.3, -0.25) is 0 Å². The molecule has 0 saturated heterocycles. The fraction of sp³-hybridized carbons (Fsp3) is 0.500. The third-order valence-corrected chi connectivity index (χ3v) is 0.434. The van der Waals surface area contributed by atoms with E-state index in [1.165, 1.54) is 6.66 Å². The number of rotatable bonds is 0. The summed E-state index contributed by atoms with van der Waals surface area (Å²) in [6.07, 6.45) is 0. The summed E-state index contributed by atoms with van der Waals surface area (Å²) >= 11 is 0. The van der Waals surface area contributed by atoms with E-state index in [4.69, 9.17) is 10.2 Å². The highest BCUT2D eigenvalue weighted by molar-refractivity contribution is 7.55. The highest BCUT2D eigenvalue weighted by Crippen LogP contribution is 2.18. The molecule has 0 heterocycles. The van der Waals surface area contributed by atoms with E-state index in [2.05, 4.69) is 0 Å². The first-order valence-corrected chi connectivity index (χ1v) is 2.84. The Morgan fingerprint density at radius 1 is 2.00 bits per heavy atom. The molecule has 0 fully saturated rings. The molecule has 0 aliphatic carbocycles. The summed E-state index contributed by atoms with van der Waals surface area (Å²) in [7, 11) is -1.29. The Labute approximate surface area is 31.9 Å². The zero-order valence-corrected chi connectivity index (χ0v) is 3.74. The Balaban J connectivity index is 2.94. The maximum Gasteiger partial charge on any atom is 0.130 e. The quantitative estimate of drug-likeness (QED) is 0.439. The van der Waals surface area contributed by atoms with E-state index >= 15 is 0 Å². The largest absolute Gasteiger partial charge is 0.360 e. The van der Waals surface area contributed by atoms with Crippen LogP contribution in [0.3, 0.4) is 0 Å². The molecule has 0 aromatic heterocycles. The van der Waals surface area contributed by atoms with E-state index in [1.54, 1.807) is 5.81 Å². The molecule has 0 aromatic rings. The molecule has 0 bridgehead atoms. The average molecular weight is 89.0 g/mol. The van der Waals surface area contributed by atoms with Gasteiger partial charge in [0, 0.05) is 0 Å². The second-order valence-electron chi connectivity index (χ2n) is 0.624. The van der Waals surface area contributed by atoms with Crippen molar-refractivity contribution in [2.75, 3.05) is 6.66 Å². The van der Waals surface area contributed by atoms with Crippen molar-refractivity contribution in [3.63, 3.8) is 0 Å². The smallest absolute Gasteiger partial charge is 0.130 e. The SMILES string of the molecule is CP(O)C#N. The van der Waals surface area contributed by atoms with E-state index in [0.29, 0.717) is 0 Å². The van der Waals surface area contributed by atoms with Gasteiger partial charge in [0.05, 0.1) is 0 Å². The molecule has 1 atom stereocenters. The van der Waals surface area contributed by atoms with E-state index in [0.717, 1.165) is 0 Å². The van der Waals surface area contributed by atoms with Crippen LogP contribution in [0.5, 0.6) is 0 Å². The van der Waals surface area contributed by atoms with Crippen molar-refractivity contribution >= 4 is 8.15 Å². The zero-order valence-electron chi connectivity index (χ0n) is 2.84. The number of nitriles is 1. The monoisotopic (exact) mass is 89.0 g/mol. The van der Waals surface area contributed by atoms with Crippen molar-refractivity contribution in [1.82, 2.24) is 0 Å². The molecular weight excluding hydrogens is 85.0 g/mol. The first-order chi connectivity index (χ1) is 2.27. The lowest BCUT2D eigenvalue weighted by molar-refractivity contribution is 0.641. The molecule has 0 rings (SSSR count). The van der Waals surface area contributed by atoms with E-state index < -0.39 is 8.15 Å². The van der Waals surface area contributed by atoms with Gasteiger partial charge in [0.2, 0.25) is 0 Å². The van der Waals surface area contributed by atoms with Gasteiger partial charge in [-0.15, -0.1) is 0 Å². The molecule has 3 heteroatoms. The maximum atomic E-state index is 8.06. The predicted octanol–water partition coefficient (Wildman–Crippen LogP) is 0.486. The summed E-state index contributed by atoms with van der Waals surface area (Å²) in [6.45, 7) is 1.48. The summed E-state index contributed by atoms with van der Waals surface area (Å²) in [4.78, 5) is 8.06. The number of hydrogen-bond acceptors (Lipinski definition) is 2. The van der Waals surface area contributed by atoms with E-state index in [-0.39, 0.29) is 0 Å². The van der Waals surface area contributed by atoms with Crippen LogP contribution >= 0.6 is 8.15 Å². The van der Waals surface area contributed by atoms with Crippen molar-refractivity contribution in [3.05, 3.63) is 0 Å². The molecule has 28 valence electrons. The second kappa shape index (κ2) is 2.14. The molecule has 0 amide bonds. The molecule has 0 radical (unpaired) electrons. The lowest BCUT2D eigenvalue weighted by atomic mass is 11.8. The fourth-order valence-electron chi connectivity index (χ4n) is 0. The summed E-state index contributed by atoms with van der Waals surface area (Å²) in [5.41, 5.74) is 0. The molecule has 2 nitrogen and oxygen atoms in total. The highest BCUT2D eigenvalue weighted by atomic mass is 31.1. The van der Waals surface area contributed by atoms with Crippen LogP contribution in [0.2, 0.25) is 0 Å². The topological polar surface area (TPSA) is 44.0 Å². The molecule has 0 spiro atoms. The van der Waals surface area contributed by atoms with Crippen LogP contribution in [0.4, 0.5) is 0 Å². The third-order valence-electron chi connectivity index (χ3n) is 0.145. The Morgan fingerprint density at radius 2 is 2.20 bits per heavy atom. The first-order valence-electron chi connectivity index (χ1n) is 1.09. The minimum atomic E-state index is -1.29. The Bertz CT molecular complexity index is 55.2. The molecule has 1 unspecified atom stereocenters. The molecule has 0 aliphatic heterocycles. The van der Waals surface area contributed by atoms with E-state index in [9.17, 15) is 0 Å². The Kier molecular flexibility index (Phi) is 2.09. The molecule has 1 N–H and O–H groups in total. The van der Waals surface area contributed by atoms with Crippen LogP contribution < -0.4 is 0 Å². The van der Waals surface area contributed by atoms with Gasteiger partial charge in [0.15, 0.2) is 0 Å². The van der Waals surface area contributed by atoms with Gasteiger partial charge in [-0.1, -0.05) is 0 Å². The van der Waals surface area contributed by atoms with Crippen LogP contribution in [0.1, 0.15) is 0 Å². The minimum Gasteiger partial charge on any atom is -0.360 e. The van der Waals surface area contributed by atoms with Crippen molar-refractivity contribution in [3.8, 4) is 5.81 Å². The van der Waals surface area contributed by atoms with Crippen LogP contribution in [0, 0.1) is 11.1 Å². The normalized spacial score (nSPS) is 13.0. The molecule has 5 heavy (non-hydrogen) atoms. The van der Waals surface area contributed by atoms with Gasteiger partial charge >= 0.3 is 0 Å². The van der Waals surface area contributed by atoms with Gasteiger partial charge in [-0.05, 0) is 6.66 Å². The Morgan fingerprint density at radius 3 is 2.20 bits per heavy atom. The molecule has 0 aliphatic rings. The van der Waals surface area contributed by atoms with Crippen LogP contribution in [-0.2, 0) is 0 Å². The third kappa shape index (κ3) is 3.88. The van der Waals surface area contributed by atoms with Gasteiger partial charge in [0.1, 0.15) is 14.0 Å². The summed E-state index contributed by atoms with van der Waals surface area (Å²) in [6, 6.07) is 0. The second-order valence-corrected chi connectivity index (χ2v) is 1.87. The van der Waals surface area contributed by atoms with Gasteiger partial charge in [0.25, 0.3) is 0 Å². The number of hydrogen-bond donors (Lipinski definition) is 1. The van der Waals surface area contributed by atoms with E-state index in [1.807, 2.05) is 0 Å². The van der Waals surface area contributed by atoms with Crippen molar-refractivity contribution < 1.29 is 4.89 Å². The zero-order chi connectivity index (χ0) is 4.28. The van der Waals surface area contributed by atoms with Crippen molar-refractivity contribution in [2.45, 2.75) is 0 Å². The molecule has 0 saturated carbocycles. The first kappa shape index (κ1) is 4.88. The minimum absolute atomic E-state index is 1.29. The number of nitrogens with zero attached hydrogens (tertiary/aromatic N) is 1. The maximum absolute atomic E-state index is 8.06. The van der Waals surface area contributed by atoms with Crippen LogP contribution in [0.15, 0.2) is 0 Å². The van der Waals surface area contributed by atoms with Crippen molar-refractivity contribution in [1.29, 1.82) is 5.26 Å². The lowest BCUT2D eigenvalue weighted by Gasteiger charge is -1.76. The van der Waals surface area contributed by atoms with Gasteiger partial charge < -0.3 is 4.89 Å². The molecule has 0 aromatic carbocycles. The Hall–Kier alpha value is -0.120. The van der Waals surface area contributed by atoms with Gasteiger partial charge in [-0.25, -0.2) is 0 Å². The average Bonchev–Trinajstić information content (AvgIpc) is 1.38. The van der Waals surface area contributed by atoms with Crippen LogP contribution in [-0.4, -0.2) is 11.6 Å². The molecular formula is C2H4NOP. The standard InChI is InChI=1S/C2H4NOP/c1-5(4)2-3/h4H,1H3. The highest BCUT2D eigenvalue weighted by Gasteiger charge is 1.80. The lowest BCUT2D eigenvalue weighted by Crippen LogP contribution is -1.50. The summed E-state index contributed by atoms with van der Waals surface area (Å²) < 4.78 is 0. The van der Waals surface area contributed by atoms with Gasteiger partial charge in [-0.2, -0.15) is 5.26 Å². The predicted molar refractivity (Wildman–Crippen MR) is 20.7 cm³/mol.